The number of ether oxygens (including phenoxy) is 1. The zero-order chi connectivity index (χ0) is 24.3. The van der Waals surface area contributed by atoms with Crippen LogP contribution >= 0.6 is 0 Å². The average molecular weight is 461 g/mol. The van der Waals surface area contributed by atoms with Crippen molar-refractivity contribution in [2.45, 2.75) is 52.1 Å². The Kier molecular flexibility index (Phi) is 5.32. The fourth-order valence-electron chi connectivity index (χ4n) is 7.36. The quantitative estimate of drug-likeness (QED) is 0.524. The van der Waals surface area contributed by atoms with Crippen LogP contribution < -0.4 is 0 Å². The van der Waals surface area contributed by atoms with Gasteiger partial charge >= 0.3 is 5.97 Å². The van der Waals surface area contributed by atoms with Gasteiger partial charge in [-0.15, -0.1) is 0 Å². The lowest BCUT2D eigenvalue weighted by molar-refractivity contribution is -0.161. The SMILES string of the molecule is CC1CC2C3CCC4=CC(=O)C=CC4(C)C3=CCC2(C)C1(O)C(=O)COC(=O)c1ccccc1. The Morgan fingerprint density at radius 2 is 1.91 bits per heavy atom. The molecule has 0 aromatic heterocycles. The third-order valence-corrected chi connectivity index (χ3v) is 9.30. The summed E-state index contributed by atoms with van der Waals surface area (Å²) in [5.74, 6) is -0.788. The van der Waals surface area contributed by atoms with Crippen LogP contribution in [0.15, 0.2) is 65.8 Å². The summed E-state index contributed by atoms with van der Waals surface area (Å²) in [5.41, 5.74) is 0.396. The molecule has 0 saturated heterocycles. The molecule has 0 bridgehead atoms. The first-order valence-electron chi connectivity index (χ1n) is 12.2. The first-order chi connectivity index (χ1) is 16.1. The van der Waals surface area contributed by atoms with Crippen LogP contribution in [0.25, 0.3) is 0 Å². The number of hydrogen-bond donors (Lipinski definition) is 1. The second-order valence-electron chi connectivity index (χ2n) is 10.9. The predicted octanol–water partition coefficient (Wildman–Crippen LogP) is 4.62. The van der Waals surface area contributed by atoms with Crippen molar-refractivity contribution >= 4 is 17.5 Å². The molecule has 4 aliphatic carbocycles. The van der Waals surface area contributed by atoms with E-state index in [0.29, 0.717) is 12.0 Å². The van der Waals surface area contributed by atoms with Crippen molar-refractivity contribution in [3.05, 3.63) is 71.3 Å². The summed E-state index contributed by atoms with van der Waals surface area (Å²) in [6.45, 7) is 5.71. The normalized spacial score (nSPS) is 38.2. The highest BCUT2D eigenvalue weighted by molar-refractivity contribution is 6.01. The van der Waals surface area contributed by atoms with E-state index in [9.17, 15) is 19.5 Å². The molecule has 1 N–H and O–H groups in total. The molecular formula is C29H32O5. The Labute approximate surface area is 200 Å². The molecule has 0 amide bonds. The van der Waals surface area contributed by atoms with Crippen LogP contribution in [-0.4, -0.2) is 34.9 Å². The Hall–Kier alpha value is -2.79. The Morgan fingerprint density at radius 3 is 2.65 bits per heavy atom. The van der Waals surface area contributed by atoms with Crippen LogP contribution in [0.1, 0.15) is 56.8 Å². The molecule has 6 unspecified atom stereocenters. The van der Waals surface area contributed by atoms with Crippen molar-refractivity contribution in [2.75, 3.05) is 6.61 Å². The Balaban J connectivity index is 1.41. The highest BCUT2D eigenvalue weighted by Crippen LogP contribution is 2.66. The van der Waals surface area contributed by atoms with E-state index in [1.54, 1.807) is 36.4 Å². The van der Waals surface area contributed by atoms with Crippen LogP contribution in [0.2, 0.25) is 0 Å². The highest BCUT2D eigenvalue weighted by atomic mass is 16.5. The first kappa shape index (κ1) is 23.0. The summed E-state index contributed by atoms with van der Waals surface area (Å²) in [6, 6.07) is 8.58. The molecule has 2 fully saturated rings. The van der Waals surface area contributed by atoms with E-state index < -0.39 is 29.4 Å². The minimum absolute atomic E-state index is 0.0479. The first-order valence-corrected chi connectivity index (χ1v) is 12.2. The number of benzene rings is 1. The number of ketones is 2. The molecule has 0 aliphatic heterocycles. The number of rotatable bonds is 4. The second kappa shape index (κ2) is 7.88. The van der Waals surface area contributed by atoms with Gasteiger partial charge < -0.3 is 9.84 Å². The summed E-state index contributed by atoms with van der Waals surface area (Å²) < 4.78 is 5.33. The monoisotopic (exact) mass is 460 g/mol. The zero-order valence-electron chi connectivity index (χ0n) is 20.0. The fraction of sp³-hybridized carbons (Fsp3) is 0.483. The van der Waals surface area contributed by atoms with Gasteiger partial charge in [0.15, 0.2) is 12.4 Å². The highest BCUT2D eigenvalue weighted by Gasteiger charge is 2.67. The average Bonchev–Trinajstić information content (AvgIpc) is 3.05. The minimum Gasteiger partial charge on any atom is -0.454 e. The summed E-state index contributed by atoms with van der Waals surface area (Å²) in [5, 5.41) is 11.9. The molecule has 34 heavy (non-hydrogen) atoms. The van der Waals surface area contributed by atoms with Gasteiger partial charge in [-0.25, -0.2) is 4.79 Å². The molecule has 5 heteroatoms. The lowest BCUT2D eigenvalue weighted by atomic mass is 9.51. The molecule has 0 heterocycles. The molecule has 4 aliphatic rings. The molecule has 1 aromatic carbocycles. The van der Waals surface area contributed by atoms with Crippen molar-refractivity contribution in [1.29, 1.82) is 0 Å². The van der Waals surface area contributed by atoms with Crippen LogP contribution in [0.3, 0.4) is 0 Å². The van der Waals surface area contributed by atoms with Gasteiger partial charge in [-0.1, -0.05) is 55.3 Å². The molecule has 5 nitrogen and oxygen atoms in total. The van der Waals surface area contributed by atoms with Gasteiger partial charge in [0.2, 0.25) is 5.78 Å². The number of carbonyl (C=O) groups excluding carboxylic acids is 3. The van der Waals surface area contributed by atoms with Crippen LogP contribution in [0.4, 0.5) is 0 Å². The molecule has 0 radical (unpaired) electrons. The lowest BCUT2D eigenvalue weighted by Crippen LogP contribution is -2.57. The van der Waals surface area contributed by atoms with Gasteiger partial charge in [0, 0.05) is 10.8 Å². The van der Waals surface area contributed by atoms with Gasteiger partial charge in [-0.3, -0.25) is 9.59 Å². The fourth-order valence-corrected chi connectivity index (χ4v) is 7.36. The maximum absolute atomic E-state index is 13.5. The van der Waals surface area contributed by atoms with E-state index in [1.165, 1.54) is 5.57 Å². The topological polar surface area (TPSA) is 80.7 Å². The molecule has 0 spiro atoms. The number of carbonyl (C=O) groups is 3. The standard InChI is InChI=1S/C29H32O5/c1-18-15-24-22-10-9-20-16-21(30)11-13-27(20,2)23(22)12-14-28(24,3)29(18,33)25(31)17-34-26(32)19-7-5-4-6-8-19/h4-8,11-13,16,18,22,24,33H,9-10,14-15,17H2,1-3H3. The molecule has 5 rings (SSSR count). The smallest absolute Gasteiger partial charge is 0.338 e. The summed E-state index contributed by atoms with van der Waals surface area (Å²) in [6.07, 6.45) is 10.8. The van der Waals surface area contributed by atoms with E-state index in [4.69, 9.17) is 4.74 Å². The van der Waals surface area contributed by atoms with Crippen molar-refractivity contribution in [1.82, 2.24) is 0 Å². The van der Waals surface area contributed by atoms with E-state index in [-0.39, 0.29) is 29.0 Å². The Morgan fingerprint density at radius 1 is 1.18 bits per heavy atom. The summed E-state index contributed by atoms with van der Waals surface area (Å²) in [4.78, 5) is 37.8. The van der Waals surface area contributed by atoms with Crippen LogP contribution in [0, 0.1) is 28.6 Å². The summed E-state index contributed by atoms with van der Waals surface area (Å²) >= 11 is 0. The van der Waals surface area contributed by atoms with Crippen LogP contribution in [0.5, 0.6) is 0 Å². The van der Waals surface area contributed by atoms with Gasteiger partial charge in [0.1, 0.15) is 5.60 Å². The number of hydrogen-bond acceptors (Lipinski definition) is 5. The predicted molar refractivity (Wildman–Crippen MR) is 128 cm³/mol. The van der Waals surface area contributed by atoms with Crippen molar-refractivity contribution < 1.29 is 24.2 Å². The largest absolute Gasteiger partial charge is 0.454 e. The Bertz CT molecular complexity index is 1140. The minimum atomic E-state index is -1.56. The number of esters is 1. The summed E-state index contributed by atoms with van der Waals surface area (Å²) in [7, 11) is 0. The molecule has 1 aromatic rings. The van der Waals surface area contributed by atoms with E-state index >= 15 is 0 Å². The van der Waals surface area contributed by atoms with Gasteiger partial charge in [0.25, 0.3) is 0 Å². The van der Waals surface area contributed by atoms with Crippen LogP contribution in [-0.2, 0) is 14.3 Å². The van der Waals surface area contributed by atoms with E-state index in [2.05, 4.69) is 13.0 Å². The van der Waals surface area contributed by atoms with Crippen molar-refractivity contribution in [3.63, 3.8) is 0 Å². The molecule has 178 valence electrons. The maximum atomic E-state index is 13.5. The second-order valence-corrected chi connectivity index (χ2v) is 10.9. The molecule has 6 atom stereocenters. The number of aliphatic hydroxyl groups is 1. The number of allylic oxidation sites excluding steroid dienone is 6. The lowest BCUT2D eigenvalue weighted by Gasteiger charge is -2.53. The third-order valence-electron chi connectivity index (χ3n) is 9.30. The van der Waals surface area contributed by atoms with Gasteiger partial charge in [-0.05, 0) is 74.6 Å². The van der Waals surface area contributed by atoms with Gasteiger partial charge in [-0.2, -0.15) is 0 Å². The van der Waals surface area contributed by atoms with Crippen molar-refractivity contribution in [2.24, 2.45) is 28.6 Å². The van der Waals surface area contributed by atoms with E-state index in [1.807, 2.05) is 26.0 Å². The van der Waals surface area contributed by atoms with Gasteiger partial charge in [0.05, 0.1) is 5.56 Å². The maximum Gasteiger partial charge on any atom is 0.338 e. The molecular weight excluding hydrogens is 428 g/mol. The van der Waals surface area contributed by atoms with E-state index in [0.717, 1.165) is 24.8 Å². The van der Waals surface area contributed by atoms with Crippen molar-refractivity contribution in [3.8, 4) is 0 Å². The zero-order valence-corrected chi connectivity index (χ0v) is 20.0. The molecule has 2 saturated carbocycles. The number of fused-ring (bicyclic) bond motifs is 5. The number of Topliss-reactive ketones (excluding diaryl/α,β-unsaturated/α-hetero) is 1. The third kappa shape index (κ3) is 3.13.